The molecule has 3 nitrogen and oxygen atoms in total. The minimum Gasteiger partial charge on any atom is -0.319 e. The standard InChI is InChI=1S/C13H16ClN3/c1-3-11-8-12(17(2)16-11)13(15)9-5-4-6-10(14)7-9/h4-8,13H,3,15H2,1-2H3. The summed E-state index contributed by atoms with van der Waals surface area (Å²) in [6, 6.07) is 9.49. The van der Waals surface area contributed by atoms with Crippen molar-refractivity contribution in [2.24, 2.45) is 12.8 Å². The van der Waals surface area contributed by atoms with Gasteiger partial charge in [-0.05, 0) is 30.2 Å². The fourth-order valence-electron chi connectivity index (χ4n) is 1.88. The number of aryl methyl sites for hydroxylation is 2. The zero-order valence-corrected chi connectivity index (χ0v) is 10.8. The highest BCUT2D eigenvalue weighted by Crippen LogP contribution is 2.22. The molecule has 0 saturated carbocycles. The molecule has 2 N–H and O–H groups in total. The summed E-state index contributed by atoms with van der Waals surface area (Å²) >= 11 is 5.97. The van der Waals surface area contributed by atoms with Crippen LogP contribution in [0.3, 0.4) is 0 Å². The van der Waals surface area contributed by atoms with E-state index in [0.717, 1.165) is 23.4 Å². The summed E-state index contributed by atoms with van der Waals surface area (Å²) in [7, 11) is 1.92. The van der Waals surface area contributed by atoms with Gasteiger partial charge >= 0.3 is 0 Å². The van der Waals surface area contributed by atoms with E-state index in [1.807, 2.05) is 42.1 Å². The number of aromatic nitrogens is 2. The van der Waals surface area contributed by atoms with Gasteiger partial charge < -0.3 is 5.73 Å². The predicted octanol–water partition coefficient (Wildman–Crippen LogP) is 2.68. The highest BCUT2D eigenvalue weighted by atomic mass is 35.5. The van der Waals surface area contributed by atoms with Gasteiger partial charge in [-0.2, -0.15) is 5.10 Å². The van der Waals surface area contributed by atoms with Gasteiger partial charge in [-0.25, -0.2) is 0 Å². The van der Waals surface area contributed by atoms with Gasteiger partial charge in [0.25, 0.3) is 0 Å². The second-order valence-corrected chi connectivity index (χ2v) is 4.51. The molecule has 0 bridgehead atoms. The third kappa shape index (κ3) is 2.51. The van der Waals surface area contributed by atoms with Gasteiger partial charge in [0.05, 0.1) is 17.4 Å². The maximum absolute atomic E-state index is 6.23. The summed E-state index contributed by atoms with van der Waals surface area (Å²) in [6.07, 6.45) is 0.913. The molecule has 1 aromatic heterocycles. The monoisotopic (exact) mass is 249 g/mol. The van der Waals surface area contributed by atoms with Crippen molar-refractivity contribution in [1.29, 1.82) is 0 Å². The van der Waals surface area contributed by atoms with Crippen LogP contribution in [0.15, 0.2) is 30.3 Å². The Morgan fingerprint density at radius 3 is 2.76 bits per heavy atom. The SMILES string of the molecule is CCc1cc(C(N)c2cccc(Cl)c2)n(C)n1. The number of hydrogen-bond donors (Lipinski definition) is 1. The second kappa shape index (κ2) is 4.90. The van der Waals surface area contributed by atoms with Crippen LogP contribution in [0.4, 0.5) is 0 Å². The number of benzene rings is 1. The summed E-state index contributed by atoms with van der Waals surface area (Å²) in [4.78, 5) is 0. The van der Waals surface area contributed by atoms with Crippen LogP contribution in [0.1, 0.15) is 29.9 Å². The lowest BCUT2D eigenvalue weighted by atomic mass is 10.0. The summed E-state index contributed by atoms with van der Waals surface area (Å²) in [5, 5.41) is 5.11. The first-order chi connectivity index (χ1) is 8.11. The van der Waals surface area contributed by atoms with Gasteiger partial charge in [0, 0.05) is 12.1 Å². The lowest BCUT2D eigenvalue weighted by Crippen LogP contribution is -2.15. The molecule has 0 fully saturated rings. The number of hydrogen-bond acceptors (Lipinski definition) is 2. The van der Waals surface area contributed by atoms with Crippen LogP contribution in [-0.4, -0.2) is 9.78 Å². The molecule has 0 aliphatic rings. The maximum Gasteiger partial charge on any atom is 0.0723 e. The molecule has 0 saturated heterocycles. The molecule has 0 aliphatic carbocycles. The number of nitrogens with zero attached hydrogens (tertiary/aromatic N) is 2. The topological polar surface area (TPSA) is 43.8 Å². The minimum atomic E-state index is -0.188. The van der Waals surface area contributed by atoms with E-state index in [0.29, 0.717) is 5.02 Å². The first-order valence-electron chi connectivity index (χ1n) is 5.65. The number of halogens is 1. The van der Waals surface area contributed by atoms with Crippen molar-refractivity contribution in [1.82, 2.24) is 9.78 Å². The van der Waals surface area contributed by atoms with E-state index in [1.54, 1.807) is 0 Å². The van der Waals surface area contributed by atoms with E-state index < -0.39 is 0 Å². The number of rotatable bonds is 3. The van der Waals surface area contributed by atoms with Crippen LogP contribution in [0, 0.1) is 0 Å². The van der Waals surface area contributed by atoms with Gasteiger partial charge in [-0.15, -0.1) is 0 Å². The molecular weight excluding hydrogens is 234 g/mol. The lowest BCUT2D eigenvalue weighted by Gasteiger charge is -2.12. The molecule has 0 amide bonds. The molecule has 4 heteroatoms. The fraction of sp³-hybridized carbons (Fsp3) is 0.308. The van der Waals surface area contributed by atoms with Gasteiger partial charge in [0.15, 0.2) is 0 Å². The molecule has 2 rings (SSSR count). The van der Waals surface area contributed by atoms with Crippen molar-refractivity contribution in [2.75, 3.05) is 0 Å². The highest BCUT2D eigenvalue weighted by molar-refractivity contribution is 6.30. The van der Waals surface area contributed by atoms with Crippen LogP contribution in [0.5, 0.6) is 0 Å². The van der Waals surface area contributed by atoms with E-state index >= 15 is 0 Å². The molecule has 1 unspecified atom stereocenters. The molecule has 1 heterocycles. The van der Waals surface area contributed by atoms with E-state index in [1.165, 1.54) is 0 Å². The van der Waals surface area contributed by atoms with Gasteiger partial charge in [0.1, 0.15) is 0 Å². The average Bonchev–Trinajstić information content (AvgIpc) is 2.69. The molecule has 90 valence electrons. The summed E-state index contributed by atoms with van der Waals surface area (Å²) in [5.74, 6) is 0. The Morgan fingerprint density at radius 2 is 2.18 bits per heavy atom. The lowest BCUT2D eigenvalue weighted by molar-refractivity contribution is 0.666. The Morgan fingerprint density at radius 1 is 1.41 bits per heavy atom. The van der Waals surface area contributed by atoms with E-state index in [2.05, 4.69) is 12.0 Å². The molecule has 0 radical (unpaired) electrons. The van der Waals surface area contributed by atoms with Gasteiger partial charge in [-0.1, -0.05) is 30.7 Å². The van der Waals surface area contributed by atoms with E-state index in [4.69, 9.17) is 17.3 Å². The van der Waals surface area contributed by atoms with Crippen LogP contribution in [0.25, 0.3) is 0 Å². The Labute approximate surface area is 106 Å². The molecule has 17 heavy (non-hydrogen) atoms. The van der Waals surface area contributed by atoms with Crippen molar-refractivity contribution in [3.05, 3.63) is 52.3 Å². The van der Waals surface area contributed by atoms with Crippen molar-refractivity contribution >= 4 is 11.6 Å². The molecule has 2 aromatic rings. The quantitative estimate of drug-likeness (QED) is 0.909. The summed E-state index contributed by atoms with van der Waals surface area (Å²) in [5.41, 5.74) is 9.30. The highest BCUT2D eigenvalue weighted by Gasteiger charge is 2.14. The number of nitrogens with two attached hydrogens (primary N) is 1. The van der Waals surface area contributed by atoms with E-state index in [-0.39, 0.29) is 6.04 Å². The third-order valence-electron chi connectivity index (χ3n) is 2.86. The van der Waals surface area contributed by atoms with Crippen LogP contribution in [0.2, 0.25) is 5.02 Å². The third-order valence-corrected chi connectivity index (χ3v) is 3.09. The first-order valence-corrected chi connectivity index (χ1v) is 6.03. The zero-order valence-electron chi connectivity index (χ0n) is 10.0. The minimum absolute atomic E-state index is 0.188. The molecule has 0 spiro atoms. The molecule has 1 atom stereocenters. The zero-order chi connectivity index (χ0) is 12.4. The summed E-state index contributed by atoms with van der Waals surface area (Å²) < 4.78 is 1.84. The van der Waals surface area contributed by atoms with Crippen LogP contribution >= 0.6 is 11.6 Å². The van der Waals surface area contributed by atoms with Crippen LogP contribution < -0.4 is 5.73 Å². The Kier molecular flexibility index (Phi) is 3.50. The van der Waals surface area contributed by atoms with Gasteiger partial charge in [0.2, 0.25) is 0 Å². The van der Waals surface area contributed by atoms with Crippen molar-refractivity contribution in [2.45, 2.75) is 19.4 Å². The molecule has 1 aromatic carbocycles. The average molecular weight is 250 g/mol. The smallest absolute Gasteiger partial charge is 0.0723 e. The second-order valence-electron chi connectivity index (χ2n) is 4.07. The van der Waals surface area contributed by atoms with E-state index in [9.17, 15) is 0 Å². The van der Waals surface area contributed by atoms with Crippen molar-refractivity contribution in [3.8, 4) is 0 Å². The Balaban J connectivity index is 2.36. The largest absolute Gasteiger partial charge is 0.319 e. The Bertz CT molecular complexity index is 519. The summed E-state index contributed by atoms with van der Waals surface area (Å²) in [6.45, 7) is 2.08. The maximum atomic E-state index is 6.23. The Hall–Kier alpha value is -1.32. The molecule has 0 aliphatic heterocycles. The van der Waals surface area contributed by atoms with Crippen molar-refractivity contribution in [3.63, 3.8) is 0 Å². The first kappa shape index (κ1) is 12.1. The molecular formula is C13H16ClN3. The fourth-order valence-corrected chi connectivity index (χ4v) is 2.08. The van der Waals surface area contributed by atoms with Crippen LogP contribution in [-0.2, 0) is 13.5 Å². The predicted molar refractivity (Wildman–Crippen MR) is 70.1 cm³/mol. The van der Waals surface area contributed by atoms with Gasteiger partial charge in [-0.3, -0.25) is 4.68 Å². The van der Waals surface area contributed by atoms with Crippen molar-refractivity contribution < 1.29 is 0 Å². The normalized spacial score (nSPS) is 12.7.